The summed E-state index contributed by atoms with van der Waals surface area (Å²) in [4.78, 5) is 29.4. The second kappa shape index (κ2) is 7.91. The molecule has 5 nitrogen and oxygen atoms in total. The van der Waals surface area contributed by atoms with Crippen molar-refractivity contribution in [1.29, 1.82) is 0 Å². The third-order valence-electron chi connectivity index (χ3n) is 4.36. The summed E-state index contributed by atoms with van der Waals surface area (Å²) in [6.07, 6.45) is 1.99. The van der Waals surface area contributed by atoms with E-state index in [0.717, 1.165) is 23.6 Å². The minimum absolute atomic E-state index is 0.0381. The number of hydrogen-bond acceptors (Lipinski definition) is 4. The van der Waals surface area contributed by atoms with Gasteiger partial charge in [-0.3, -0.25) is 14.2 Å². The smallest absolute Gasteiger partial charge is 0.261 e. The van der Waals surface area contributed by atoms with E-state index in [0.29, 0.717) is 16.1 Å². The Morgan fingerprint density at radius 2 is 1.96 bits per heavy atom. The minimum Gasteiger partial charge on any atom is -0.353 e. The standard InChI is InChI=1S/C20H23N3O2S/c1-4-7-13(2)21-18(24)12-26-20-22-17-11-15-9-6-5-8-14(15)10-16(17)19(25)23(20)3/h5-6,8-11,13H,4,7,12H2,1-3H3,(H,21,24)/t13-/m1/s1. The average Bonchev–Trinajstić information content (AvgIpc) is 2.62. The molecule has 0 aliphatic rings. The molecular weight excluding hydrogens is 346 g/mol. The fraction of sp³-hybridized carbons (Fsp3) is 0.350. The third-order valence-corrected chi connectivity index (χ3v) is 5.39. The van der Waals surface area contributed by atoms with Gasteiger partial charge in [0.25, 0.3) is 5.56 Å². The maximum absolute atomic E-state index is 12.7. The van der Waals surface area contributed by atoms with Crippen LogP contribution in [0.3, 0.4) is 0 Å². The summed E-state index contributed by atoms with van der Waals surface area (Å²) in [6, 6.07) is 11.9. The molecule has 1 atom stereocenters. The van der Waals surface area contributed by atoms with E-state index in [1.165, 1.54) is 16.3 Å². The molecule has 3 rings (SSSR count). The number of fused-ring (bicyclic) bond motifs is 2. The number of hydrogen-bond donors (Lipinski definition) is 1. The summed E-state index contributed by atoms with van der Waals surface area (Å²) < 4.78 is 1.52. The zero-order valence-electron chi connectivity index (χ0n) is 15.3. The lowest BCUT2D eigenvalue weighted by Crippen LogP contribution is -2.33. The molecule has 6 heteroatoms. The molecule has 2 aromatic carbocycles. The number of benzene rings is 2. The number of amides is 1. The molecule has 0 aliphatic carbocycles. The molecule has 0 unspecified atom stereocenters. The van der Waals surface area contributed by atoms with Gasteiger partial charge >= 0.3 is 0 Å². The van der Waals surface area contributed by atoms with Gasteiger partial charge in [0, 0.05) is 13.1 Å². The van der Waals surface area contributed by atoms with E-state index in [4.69, 9.17) is 0 Å². The first-order valence-corrected chi connectivity index (χ1v) is 9.80. The van der Waals surface area contributed by atoms with Gasteiger partial charge in [0.15, 0.2) is 5.16 Å². The summed E-state index contributed by atoms with van der Waals surface area (Å²) in [5, 5.41) is 6.18. The van der Waals surface area contributed by atoms with Crippen LogP contribution in [-0.4, -0.2) is 27.3 Å². The molecule has 0 saturated heterocycles. The molecule has 1 heterocycles. The van der Waals surface area contributed by atoms with Crippen LogP contribution in [0.2, 0.25) is 0 Å². The summed E-state index contributed by atoms with van der Waals surface area (Å²) >= 11 is 1.29. The Balaban J connectivity index is 1.87. The second-order valence-electron chi connectivity index (χ2n) is 6.52. The molecule has 26 heavy (non-hydrogen) atoms. The molecule has 3 aromatic rings. The number of carbonyl (C=O) groups is 1. The van der Waals surface area contributed by atoms with E-state index in [9.17, 15) is 9.59 Å². The number of nitrogens with zero attached hydrogens (tertiary/aromatic N) is 2. The summed E-state index contributed by atoms with van der Waals surface area (Å²) in [5.41, 5.74) is 0.567. The third kappa shape index (κ3) is 3.90. The highest BCUT2D eigenvalue weighted by molar-refractivity contribution is 7.99. The first-order valence-electron chi connectivity index (χ1n) is 8.81. The number of aromatic nitrogens is 2. The van der Waals surface area contributed by atoms with Crippen molar-refractivity contribution in [2.24, 2.45) is 7.05 Å². The molecule has 0 aliphatic heterocycles. The van der Waals surface area contributed by atoms with Crippen LogP contribution in [0.15, 0.2) is 46.3 Å². The van der Waals surface area contributed by atoms with Gasteiger partial charge in [0.2, 0.25) is 5.91 Å². The molecule has 136 valence electrons. The highest BCUT2D eigenvalue weighted by Gasteiger charge is 2.13. The average molecular weight is 369 g/mol. The van der Waals surface area contributed by atoms with E-state index >= 15 is 0 Å². The molecule has 0 fully saturated rings. The highest BCUT2D eigenvalue weighted by atomic mass is 32.2. The van der Waals surface area contributed by atoms with Gasteiger partial charge in [-0.15, -0.1) is 0 Å². The predicted octanol–water partition coefficient (Wildman–Crippen LogP) is 3.48. The van der Waals surface area contributed by atoms with Gasteiger partial charge in [-0.05, 0) is 36.2 Å². The summed E-state index contributed by atoms with van der Waals surface area (Å²) in [7, 11) is 1.70. The Hall–Kier alpha value is -2.34. The van der Waals surface area contributed by atoms with E-state index in [2.05, 4.69) is 17.2 Å². The van der Waals surface area contributed by atoms with Gasteiger partial charge in [0.1, 0.15) is 0 Å². The van der Waals surface area contributed by atoms with Crippen molar-refractivity contribution in [2.75, 3.05) is 5.75 Å². The van der Waals surface area contributed by atoms with E-state index < -0.39 is 0 Å². The van der Waals surface area contributed by atoms with Gasteiger partial charge in [0.05, 0.1) is 16.7 Å². The fourth-order valence-corrected chi connectivity index (χ4v) is 3.80. The van der Waals surface area contributed by atoms with Crippen LogP contribution in [0.25, 0.3) is 21.7 Å². The van der Waals surface area contributed by atoms with Crippen molar-refractivity contribution >= 4 is 39.3 Å². The van der Waals surface area contributed by atoms with Crippen LogP contribution in [0, 0.1) is 0 Å². The van der Waals surface area contributed by atoms with Crippen molar-refractivity contribution in [1.82, 2.24) is 14.9 Å². The van der Waals surface area contributed by atoms with Crippen LogP contribution in [0.5, 0.6) is 0 Å². The minimum atomic E-state index is -0.0944. The molecule has 0 spiro atoms. The molecule has 1 aromatic heterocycles. The van der Waals surface area contributed by atoms with Gasteiger partial charge in [-0.1, -0.05) is 49.4 Å². The number of carbonyl (C=O) groups excluding carboxylic acids is 1. The first-order chi connectivity index (χ1) is 12.5. The monoisotopic (exact) mass is 369 g/mol. The van der Waals surface area contributed by atoms with Gasteiger partial charge in [-0.2, -0.15) is 0 Å². The van der Waals surface area contributed by atoms with Gasteiger partial charge in [-0.25, -0.2) is 4.98 Å². The van der Waals surface area contributed by atoms with E-state index in [-0.39, 0.29) is 23.3 Å². The second-order valence-corrected chi connectivity index (χ2v) is 7.46. The van der Waals surface area contributed by atoms with E-state index in [1.54, 1.807) is 7.05 Å². The Morgan fingerprint density at radius 3 is 2.65 bits per heavy atom. The van der Waals surface area contributed by atoms with Crippen LogP contribution in [0.1, 0.15) is 26.7 Å². The fourth-order valence-electron chi connectivity index (χ4n) is 3.02. The molecule has 0 bridgehead atoms. The molecule has 0 radical (unpaired) electrons. The Morgan fingerprint density at radius 1 is 1.27 bits per heavy atom. The lowest BCUT2D eigenvalue weighted by atomic mass is 10.1. The van der Waals surface area contributed by atoms with Crippen molar-refractivity contribution in [2.45, 2.75) is 37.9 Å². The topological polar surface area (TPSA) is 64.0 Å². The summed E-state index contributed by atoms with van der Waals surface area (Å²) in [5.74, 6) is 0.205. The maximum Gasteiger partial charge on any atom is 0.261 e. The van der Waals surface area contributed by atoms with Crippen LogP contribution >= 0.6 is 11.8 Å². The van der Waals surface area contributed by atoms with Crippen LogP contribution in [-0.2, 0) is 11.8 Å². The van der Waals surface area contributed by atoms with Crippen LogP contribution in [0.4, 0.5) is 0 Å². The Labute approximate surface area is 156 Å². The molecule has 1 N–H and O–H groups in total. The molecule has 1 amide bonds. The van der Waals surface area contributed by atoms with Crippen molar-refractivity contribution < 1.29 is 4.79 Å². The number of thioether (sulfide) groups is 1. The van der Waals surface area contributed by atoms with E-state index in [1.807, 2.05) is 43.3 Å². The SMILES string of the molecule is CCC[C@@H](C)NC(=O)CSc1nc2cc3ccccc3cc2c(=O)n1C. The number of nitrogens with one attached hydrogen (secondary N) is 1. The Bertz CT molecular complexity index is 1010. The highest BCUT2D eigenvalue weighted by Crippen LogP contribution is 2.22. The lowest BCUT2D eigenvalue weighted by Gasteiger charge is -2.13. The first kappa shape index (κ1) is 18.5. The summed E-state index contributed by atoms with van der Waals surface area (Å²) in [6.45, 7) is 4.09. The lowest BCUT2D eigenvalue weighted by molar-refractivity contribution is -0.119. The number of rotatable bonds is 6. The zero-order valence-corrected chi connectivity index (χ0v) is 16.1. The largest absolute Gasteiger partial charge is 0.353 e. The predicted molar refractivity (Wildman–Crippen MR) is 108 cm³/mol. The quantitative estimate of drug-likeness (QED) is 0.410. The molecule has 0 saturated carbocycles. The maximum atomic E-state index is 12.7. The normalized spacial score (nSPS) is 12.4. The van der Waals surface area contributed by atoms with Gasteiger partial charge < -0.3 is 5.32 Å². The molecular formula is C20H23N3O2S. The van der Waals surface area contributed by atoms with Crippen molar-refractivity contribution in [3.63, 3.8) is 0 Å². The van der Waals surface area contributed by atoms with Crippen molar-refractivity contribution in [3.8, 4) is 0 Å². The zero-order chi connectivity index (χ0) is 18.7. The van der Waals surface area contributed by atoms with Crippen molar-refractivity contribution in [3.05, 3.63) is 46.8 Å². The van der Waals surface area contributed by atoms with Crippen LogP contribution < -0.4 is 10.9 Å². The Kier molecular flexibility index (Phi) is 5.61.